The van der Waals surface area contributed by atoms with Crippen LogP contribution in [0.4, 0.5) is 11.4 Å². The van der Waals surface area contributed by atoms with E-state index in [1.54, 1.807) is 24.3 Å². The average Bonchev–Trinajstić information content (AvgIpc) is 3.15. The molecule has 2 saturated heterocycles. The van der Waals surface area contributed by atoms with E-state index in [1.165, 1.54) is 17.0 Å². The summed E-state index contributed by atoms with van der Waals surface area (Å²) in [5.41, 5.74) is 3.75. The number of phenols is 1. The zero-order valence-corrected chi connectivity index (χ0v) is 20.4. The van der Waals surface area contributed by atoms with Crippen molar-refractivity contribution in [1.29, 1.82) is 0 Å². The number of aryl methyl sites for hydroxylation is 1. The van der Waals surface area contributed by atoms with Crippen molar-refractivity contribution in [3.63, 3.8) is 0 Å². The quantitative estimate of drug-likeness (QED) is 0.331. The van der Waals surface area contributed by atoms with Crippen molar-refractivity contribution in [2.45, 2.75) is 13.0 Å². The molecule has 0 saturated carbocycles. The topological polar surface area (TPSA) is 84.3 Å². The van der Waals surface area contributed by atoms with Gasteiger partial charge in [-0.3, -0.25) is 14.5 Å². The van der Waals surface area contributed by atoms with Gasteiger partial charge in [-0.25, -0.2) is 0 Å². The number of aliphatic hydroxyl groups excluding tert-OH is 1. The number of anilines is 2. The molecule has 3 aromatic rings. The van der Waals surface area contributed by atoms with Crippen LogP contribution in [-0.2, 0) is 9.59 Å². The van der Waals surface area contributed by atoms with Gasteiger partial charge in [0.15, 0.2) is 0 Å². The van der Waals surface area contributed by atoms with Gasteiger partial charge in [0.25, 0.3) is 11.7 Å². The summed E-state index contributed by atoms with van der Waals surface area (Å²) in [4.78, 5) is 32.7. The Morgan fingerprint density at radius 1 is 0.806 bits per heavy atom. The molecular weight excluding hydrogens is 454 g/mol. The van der Waals surface area contributed by atoms with Gasteiger partial charge < -0.3 is 20.0 Å². The first-order chi connectivity index (χ1) is 17.3. The van der Waals surface area contributed by atoms with Crippen LogP contribution >= 0.6 is 0 Å². The highest BCUT2D eigenvalue weighted by atomic mass is 16.3. The lowest BCUT2D eigenvalue weighted by Crippen LogP contribution is -2.44. The van der Waals surface area contributed by atoms with Crippen LogP contribution in [0.5, 0.6) is 5.75 Å². The van der Waals surface area contributed by atoms with Crippen LogP contribution in [0.15, 0.2) is 78.4 Å². The number of amides is 1. The molecule has 0 aliphatic carbocycles. The van der Waals surface area contributed by atoms with E-state index < -0.39 is 17.7 Å². The summed E-state index contributed by atoms with van der Waals surface area (Å²) >= 11 is 0. The van der Waals surface area contributed by atoms with Crippen LogP contribution in [-0.4, -0.2) is 60.0 Å². The molecule has 5 rings (SSSR count). The molecule has 1 atom stereocenters. The van der Waals surface area contributed by atoms with E-state index in [1.807, 2.05) is 43.3 Å². The molecule has 0 aromatic heterocycles. The SMILES string of the molecule is Cc1ccc(/C(O)=C2\C(=O)C(=O)N(c3ccc(N4CCN(C)CC4)cc3)C2c2ccc(O)cc2)cc1. The summed E-state index contributed by atoms with van der Waals surface area (Å²) < 4.78 is 0. The molecule has 2 aliphatic rings. The fraction of sp³-hybridized carbons (Fsp3) is 0.241. The lowest BCUT2D eigenvalue weighted by Gasteiger charge is -2.34. The van der Waals surface area contributed by atoms with E-state index in [0.29, 0.717) is 16.8 Å². The molecule has 2 N–H and O–H groups in total. The fourth-order valence-electron chi connectivity index (χ4n) is 4.83. The molecular formula is C29H29N3O4. The molecule has 1 amide bonds. The van der Waals surface area contributed by atoms with Gasteiger partial charge in [0.1, 0.15) is 11.5 Å². The van der Waals surface area contributed by atoms with Crippen molar-refractivity contribution in [2.24, 2.45) is 0 Å². The summed E-state index contributed by atoms with van der Waals surface area (Å²) in [6.45, 7) is 5.74. The standard InChI is InChI=1S/C29H29N3O4/c1-19-3-5-21(6-4-19)27(34)25-26(20-7-13-24(33)14-8-20)32(29(36)28(25)35)23-11-9-22(10-12-23)31-17-15-30(2)16-18-31/h3-14,26,33-34H,15-18H2,1-2H3/b27-25+. The molecule has 0 radical (unpaired) electrons. The molecule has 0 bridgehead atoms. The Hall–Kier alpha value is -4.10. The zero-order chi connectivity index (χ0) is 25.4. The number of carbonyl (C=O) groups excluding carboxylic acids is 2. The number of ketones is 1. The Labute approximate surface area is 210 Å². The van der Waals surface area contributed by atoms with Gasteiger partial charge in [-0.2, -0.15) is 0 Å². The molecule has 184 valence electrons. The van der Waals surface area contributed by atoms with Crippen molar-refractivity contribution in [2.75, 3.05) is 43.0 Å². The molecule has 0 spiro atoms. The van der Waals surface area contributed by atoms with Crippen molar-refractivity contribution in [3.05, 3.63) is 95.1 Å². The van der Waals surface area contributed by atoms with Crippen LogP contribution in [0, 0.1) is 6.92 Å². The van der Waals surface area contributed by atoms with E-state index in [2.05, 4.69) is 16.8 Å². The number of aromatic hydroxyl groups is 1. The minimum absolute atomic E-state index is 0.0256. The van der Waals surface area contributed by atoms with Gasteiger partial charge in [-0.05, 0) is 55.9 Å². The highest BCUT2D eigenvalue weighted by Crippen LogP contribution is 2.42. The van der Waals surface area contributed by atoms with Gasteiger partial charge in [-0.1, -0.05) is 42.0 Å². The predicted octanol–water partition coefficient (Wildman–Crippen LogP) is 4.08. The summed E-state index contributed by atoms with van der Waals surface area (Å²) in [6.07, 6.45) is 0. The first-order valence-corrected chi connectivity index (χ1v) is 12.0. The molecule has 36 heavy (non-hydrogen) atoms. The number of hydrogen-bond acceptors (Lipinski definition) is 6. The molecule has 7 nitrogen and oxygen atoms in total. The van der Waals surface area contributed by atoms with Crippen molar-refractivity contribution in [1.82, 2.24) is 4.90 Å². The minimum Gasteiger partial charge on any atom is -0.508 e. The van der Waals surface area contributed by atoms with E-state index in [-0.39, 0.29) is 17.1 Å². The van der Waals surface area contributed by atoms with Crippen LogP contribution in [0.1, 0.15) is 22.7 Å². The molecule has 2 heterocycles. The van der Waals surface area contributed by atoms with E-state index in [0.717, 1.165) is 37.4 Å². The third kappa shape index (κ3) is 4.33. The third-order valence-corrected chi connectivity index (χ3v) is 6.97. The van der Waals surface area contributed by atoms with Crippen LogP contribution in [0.2, 0.25) is 0 Å². The third-order valence-electron chi connectivity index (χ3n) is 6.97. The monoisotopic (exact) mass is 483 g/mol. The summed E-state index contributed by atoms with van der Waals surface area (Å²) in [5.74, 6) is -1.59. The molecule has 1 unspecified atom stereocenters. The number of nitrogens with zero attached hydrogens (tertiary/aromatic N) is 3. The van der Waals surface area contributed by atoms with Crippen molar-refractivity contribution < 1.29 is 19.8 Å². The van der Waals surface area contributed by atoms with Crippen LogP contribution < -0.4 is 9.80 Å². The minimum atomic E-state index is -0.832. The van der Waals surface area contributed by atoms with Crippen molar-refractivity contribution in [3.8, 4) is 5.75 Å². The van der Waals surface area contributed by atoms with Gasteiger partial charge in [0.2, 0.25) is 0 Å². The second-order valence-corrected chi connectivity index (χ2v) is 9.43. The highest BCUT2D eigenvalue weighted by Gasteiger charge is 2.47. The average molecular weight is 484 g/mol. The number of benzene rings is 3. The molecule has 7 heteroatoms. The molecule has 3 aromatic carbocycles. The number of piperazine rings is 1. The Morgan fingerprint density at radius 2 is 1.39 bits per heavy atom. The van der Waals surface area contributed by atoms with E-state index >= 15 is 0 Å². The maximum Gasteiger partial charge on any atom is 0.300 e. The number of Topliss-reactive ketones (excluding diaryl/α,β-unsaturated/α-hetero) is 1. The van der Waals surface area contributed by atoms with Gasteiger partial charge in [0.05, 0.1) is 11.6 Å². The lowest BCUT2D eigenvalue weighted by molar-refractivity contribution is -0.132. The maximum atomic E-state index is 13.3. The number of aliphatic hydroxyl groups is 1. The Balaban J connectivity index is 1.57. The summed E-state index contributed by atoms with van der Waals surface area (Å²) in [5, 5.41) is 21.0. The number of hydrogen-bond donors (Lipinski definition) is 2. The van der Waals surface area contributed by atoms with Gasteiger partial charge in [0, 0.05) is 43.1 Å². The second-order valence-electron chi connectivity index (χ2n) is 9.43. The molecule has 2 fully saturated rings. The van der Waals surface area contributed by atoms with E-state index in [9.17, 15) is 19.8 Å². The largest absolute Gasteiger partial charge is 0.508 e. The maximum absolute atomic E-state index is 13.3. The second kappa shape index (κ2) is 9.51. The fourth-order valence-corrected chi connectivity index (χ4v) is 4.83. The normalized spacial score (nSPS) is 20.2. The van der Waals surface area contributed by atoms with Crippen LogP contribution in [0.25, 0.3) is 5.76 Å². The van der Waals surface area contributed by atoms with Gasteiger partial charge >= 0.3 is 0 Å². The number of phenolic OH excluding ortho intramolecular Hbond substituents is 1. The van der Waals surface area contributed by atoms with Crippen LogP contribution in [0.3, 0.4) is 0 Å². The Kier molecular flexibility index (Phi) is 6.24. The highest BCUT2D eigenvalue weighted by molar-refractivity contribution is 6.51. The Bertz CT molecular complexity index is 1310. The smallest absolute Gasteiger partial charge is 0.300 e. The first-order valence-electron chi connectivity index (χ1n) is 12.0. The lowest BCUT2D eigenvalue weighted by atomic mass is 9.95. The Morgan fingerprint density at radius 3 is 2.00 bits per heavy atom. The molecule has 2 aliphatic heterocycles. The summed E-state index contributed by atoms with van der Waals surface area (Å²) in [7, 11) is 2.11. The zero-order valence-electron chi connectivity index (χ0n) is 20.4. The number of likely N-dealkylation sites (N-methyl/N-ethyl adjacent to an activating group) is 1. The number of carbonyl (C=O) groups is 2. The predicted molar refractivity (Wildman–Crippen MR) is 140 cm³/mol. The van der Waals surface area contributed by atoms with E-state index in [4.69, 9.17) is 0 Å². The first kappa shape index (κ1) is 23.6. The van der Waals surface area contributed by atoms with Crippen molar-refractivity contribution >= 4 is 28.8 Å². The van der Waals surface area contributed by atoms with Gasteiger partial charge in [-0.15, -0.1) is 0 Å². The summed E-state index contributed by atoms with van der Waals surface area (Å²) in [6, 6.07) is 20.3. The number of rotatable bonds is 4.